The van der Waals surface area contributed by atoms with E-state index in [-0.39, 0.29) is 5.91 Å². The predicted octanol–water partition coefficient (Wildman–Crippen LogP) is 5.61. The topological polar surface area (TPSA) is 61.9 Å². The minimum Gasteiger partial charge on any atom is -0.341 e. The van der Waals surface area contributed by atoms with Crippen LogP contribution in [-0.4, -0.2) is 39.6 Å². The van der Waals surface area contributed by atoms with Gasteiger partial charge in [0.05, 0.1) is 11.4 Å². The van der Waals surface area contributed by atoms with Gasteiger partial charge >= 0.3 is 0 Å². The molecular formula is C28H24N4O. The second-order valence-electron chi connectivity index (χ2n) is 8.07. The molecule has 1 N–H and O–H groups in total. The molecule has 2 aromatic heterocycles. The van der Waals surface area contributed by atoms with E-state index in [2.05, 4.69) is 51.6 Å². The molecule has 5 aromatic rings. The third-order valence-corrected chi connectivity index (χ3v) is 5.86. The van der Waals surface area contributed by atoms with E-state index in [4.69, 9.17) is 0 Å². The molecule has 5 nitrogen and oxygen atoms in total. The Morgan fingerprint density at radius 3 is 2.52 bits per heavy atom. The zero-order valence-corrected chi connectivity index (χ0v) is 18.4. The van der Waals surface area contributed by atoms with Crippen molar-refractivity contribution in [1.82, 2.24) is 20.1 Å². The van der Waals surface area contributed by atoms with Crippen molar-refractivity contribution in [3.05, 3.63) is 108 Å². The average molecular weight is 433 g/mol. The van der Waals surface area contributed by atoms with Crippen molar-refractivity contribution < 1.29 is 4.79 Å². The first kappa shape index (κ1) is 20.6. The Morgan fingerprint density at radius 2 is 1.70 bits per heavy atom. The Bertz CT molecular complexity index is 1390. The number of pyridine rings is 1. The second-order valence-corrected chi connectivity index (χ2v) is 8.07. The summed E-state index contributed by atoms with van der Waals surface area (Å²) >= 11 is 0. The van der Waals surface area contributed by atoms with Gasteiger partial charge in [0.1, 0.15) is 0 Å². The predicted molar refractivity (Wildman–Crippen MR) is 132 cm³/mol. The molecule has 0 aliphatic heterocycles. The van der Waals surface area contributed by atoms with Gasteiger partial charge in [0.25, 0.3) is 5.91 Å². The van der Waals surface area contributed by atoms with Gasteiger partial charge in [-0.15, -0.1) is 0 Å². The lowest BCUT2D eigenvalue weighted by molar-refractivity contribution is 0.0796. The first-order chi connectivity index (χ1) is 16.2. The molecule has 0 aliphatic rings. The largest absolute Gasteiger partial charge is 0.341 e. The molecule has 2 heterocycles. The highest BCUT2D eigenvalue weighted by Gasteiger charge is 2.13. The summed E-state index contributed by atoms with van der Waals surface area (Å²) in [4.78, 5) is 18.9. The maximum Gasteiger partial charge on any atom is 0.253 e. The molecule has 0 fully saturated rings. The SMILES string of the molecule is CN(CCc1ccccn1)C(=O)c1ccc(-c2cc(-c3cccc4ccccc34)[nH]n2)cc1. The van der Waals surface area contributed by atoms with Gasteiger partial charge in [-0.3, -0.25) is 14.9 Å². The lowest BCUT2D eigenvalue weighted by Gasteiger charge is -2.17. The van der Waals surface area contributed by atoms with Gasteiger partial charge in [-0.05, 0) is 41.1 Å². The number of amides is 1. The van der Waals surface area contributed by atoms with E-state index in [9.17, 15) is 4.79 Å². The first-order valence-corrected chi connectivity index (χ1v) is 11.0. The molecule has 5 heteroatoms. The van der Waals surface area contributed by atoms with Crippen LogP contribution in [0.3, 0.4) is 0 Å². The lowest BCUT2D eigenvalue weighted by atomic mass is 10.0. The Hall–Kier alpha value is -4.25. The van der Waals surface area contributed by atoms with E-state index in [0.29, 0.717) is 12.1 Å². The van der Waals surface area contributed by atoms with Crippen LogP contribution >= 0.6 is 0 Å². The van der Waals surface area contributed by atoms with Crippen LogP contribution in [0.25, 0.3) is 33.3 Å². The maximum absolute atomic E-state index is 12.8. The number of hydrogen-bond acceptors (Lipinski definition) is 3. The molecular weight excluding hydrogens is 408 g/mol. The molecule has 3 aromatic carbocycles. The second kappa shape index (κ2) is 9.09. The fourth-order valence-corrected chi connectivity index (χ4v) is 4.00. The summed E-state index contributed by atoms with van der Waals surface area (Å²) in [5.74, 6) is -0.00375. The number of aromatic amines is 1. The van der Waals surface area contributed by atoms with Crippen LogP contribution in [-0.2, 0) is 6.42 Å². The van der Waals surface area contributed by atoms with Crippen molar-refractivity contribution in [2.24, 2.45) is 0 Å². The van der Waals surface area contributed by atoms with Crippen molar-refractivity contribution in [2.45, 2.75) is 6.42 Å². The Labute approximate surface area is 192 Å². The minimum atomic E-state index is -0.00375. The van der Waals surface area contributed by atoms with E-state index in [1.165, 1.54) is 10.8 Å². The highest BCUT2D eigenvalue weighted by molar-refractivity contribution is 5.96. The van der Waals surface area contributed by atoms with Gasteiger partial charge in [0.2, 0.25) is 0 Å². The van der Waals surface area contributed by atoms with Crippen LogP contribution < -0.4 is 0 Å². The number of rotatable bonds is 6. The monoisotopic (exact) mass is 432 g/mol. The molecule has 0 aliphatic carbocycles. The zero-order chi connectivity index (χ0) is 22.6. The van der Waals surface area contributed by atoms with Crippen molar-refractivity contribution in [1.29, 1.82) is 0 Å². The smallest absolute Gasteiger partial charge is 0.253 e. The van der Waals surface area contributed by atoms with Crippen molar-refractivity contribution >= 4 is 16.7 Å². The van der Waals surface area contributed by atoms with Gasteiger partial charge in [0, 0.05) is 48.6 Å². The summed E-state index contributed by atoms with van der Waals surface area (Å²) in [5, 5.41) is 10.1. The number of nitrogens with zero attached hydrogens (tertiary/aromatic N) is 3. The molecule has 0 radical (unpaired) electrons. The number of carbonyl (C=O) groups is 1. The molecule has 0 bridgehead atoms. The Kier molecular flexibility index (Phi) is 5.68. The Balaban J connectivity index is 1.31. The third-order valence-electron chi connectivity index (χ3n) is 5.86. The van der Waals surface area contributed by atoms with Crippen LogP contribution in [0.2, 0.25) is 0 Å². The van der Waals surface area contributed by atoms with Gasteiger partial charge in [-0.2, -0.15) is 5.10 Å². The lowest BCUT2D eigenvalue weighted by Crippen LogP contribution is -2.28. The van der Waals surface area contributed by atoms with E-state index in [1.54, 1.807) is 11.1 Å². The molecule has 5 rings (SSSR count). The molecule has 1 amide bonds. The Morgan fingerprint density at radius 1 is 0.909 bits per heavy atom. The van der Waals surface area contributed by atoms with Gasteiger partial charge in [0.15, 0.2) is 0 Å². The number of benzene rings is 3. The number of fused-ring (bicyclic) bond motifs is 1. The minimum absolute atomic E-state index is 0.00375. The summed E-state index contributed by atoms with van der Waals surface area (Å²) in [7, 11) is 1.82. The van der Waals surface area contributed by atoms with Crippen molar-refractivity contribution in [3.8, 4) is 22.5 Å². The van der Waals surface area contributed by atoms with Gasteiger partial charge in [-0.1, -0.05) is 60.7 Å². The summed E-state index contributed by atoms with van der Waals surface area (Å²) in [6.45, 7) is 0.616. The molecule has 162 valence electrons. The van der Waals surface area contributed by atoms with Crippen LogP contribution in [0.5, 0.6) is 0 Å². The fraction of sp³-hybridized carbons (Fsp3) is 0.107. The summed E-state index contributed by atoms with van der Waals surface area (Å²) < 4.78 is 0. The average Bonchev–Trinajstić information content (AvgIpc) is 3.37. The highest BCUT2D eigenvalue weighted by Crippen LogP contribution is 2.30. The third kappa shape index (κ3) is 4.39. The van der Waals surface area contributed by atoms with Crippen molar-refractivity contribution in [2.75, 3.05) is 13.6 Å². The summed E-state index contributed by atoms with van der Waals surface area (Å²) in [6.07, 6.45) is 2.50. The van der Waals surface area contributed by atoms with Crippen LogP contribution in [0.15, 0.2) is 97.2 Å². The van der Waals surface area contributed by atoms with E-state index >= 15 is 0 Å². The number of H-pyrrole nitrogens is 1. The molecule has 0 saturated carbocycles. The molecule has 0 atom stereocenters. The number of likely N-dealkylation sites (N-methyl/N-ethyl adjacent to an activating group) is 1. The molecule has 0 spiro atoms. The quantitative estimate of drug-likeness (QED) is 0.380. The van der Waals surface area contributed by atoms with Crippen LogP contribution in [0.4, 0.5) is 0 Å². The highest BCUT2D eigenvalue weighted by atomic mass is 16.2. The fourth-order valence-electron chi connectivity index (χ4n) is 4.00. The number of hydrogen-bond donors (Lipinski definition) is 1. The van der Waals surface area contributed by atoms with Gasteiger partial charge < -0.3 is 4.90 Å². The van der Waals surface area contributed by atoms with Crippen LogP contribution in [0, 0.1) is 0 Å². The number of aromatic nitrogens is 3. The maximum atomic E-state index is 12.8. The number of nitrogens with one attached hydrogen (secondary N) is 1. The van der Waals surface area contributed by atoms with E-state index < -0.39 is 0 Å². The summed E-state index contributed by atoms with van der Waals surface area (Å²) in [6, 6.07) is 30.1. The van der Waals surface area contributed by atoms with Crippen LogP contribution in [0.1, 0.15) is 16.1 Å². The normalized spacial score (nSPS) is 10.9. The summed E-state index contributed by atoms with van der Waals surface area (Å²) in [5.41, 5.74) is 5.54. The zero-order valence-electron chi connectivity index (χ0n) is 18.4. The van der Waals surface area contributed by atoms with E-state index in [0.717, 1.165) is 34.6 Å². The number of carbonyl (C=O) groups excluding carboxylic acids is 1. The van der Waals surface area contributed by atoms with Crippen molar-refractivity contribution in [3.63, 3.8) is 0 Å². The standard InChI is InChI=1S/C28H24N4O/c1-32(18-16-23-9-4-5-17-29-23)28(33)22-14-12-21(13-15-22)26-19-27(31-30-26)25-11-6-8-20-7-2-3-10-24(20)25/h2-15,17,19H,16,18H2,1H3,(H,30,31). The first-order valence-electron chi connectivity index (χ1n) is 11.0. The molecule has 33 heavy (non-hydrogen) atoms. The molecule has 0 unspecified atom stereocenters. The van der Waals surface area contributed by atoms with Gasteiger partial charge in [-0.25, -0.2) is 0 Å². The molecule has 0 saturated heterocycles. The van der Waals surface area contributed by atoms with E-state index in [1.807, 2.05) is 61.6 Å².